The summed E-state index contributed by atoms with van der Waals surface area (Å²) in [6.45, 7) is 1.40. The standard InChI is InChI=1S/C48H52O11/c1-50-48-45(54-30-36-23-13-5-14-24-36)44(42-39(57-48)32-55-46(58-42)37-25-15-6-16-26-37)59-47-40(49)43(53-29-35-21-11-4-12-22-35)41(52-28-34-19-9-3-10-20-34)38(56-47)31-51-27-33-17-7-2-8-18-33/h2-26,38-49H,27-32H2,1H3/t38-,39-,40-,41-,42-,43-,44+,45+,46-,47-,48+/m1/s1. The fourth-order valence-electron chi connectivity index (χ4n) is 7.70. The van der Waals surface area contributed by atoms with Gasteiger partial charge in [0, 0.05) is 12.7 Å². The molecule has 0 bridgehead atoms. The molecule has 0 aromatic heterocycles. The van der Waals surface area contributed by atoms with Gasteiger partial charge in [-0.05, 0) is 22.3 Å². The van der Waals surface area contributed by atoms with Crippen molar-refractivity contribution >= 4 is 0 Å². The summed E-state index contributed by atoms with van der Waals surface area (Å²) in [6, 6.07) is 49.2. The van der Waals surface area contributed by atoms with Crippen molar-refractivity contribution in [3.05, 3.63) is 179 Å². The van der Waals surface area contributed by atoms with Gasteiger partial charge in [-0.25, -0.2) is 0 Å². The van der Waals surface area contributed by atoms with E-state index >= 15 is 0 Å². The topological polar surface area (TPSA) is 113 Å². The first kappa shape index (κ1) is 41.4. The number of rotatable bonds is 17. The lowest BCUT2D eigenvalue weighted by atomic mass is 9.95. The van der Waals surface area contributed by atoms with Gasteiger partial charge in [-0.3, -0.25) is 0 Å². The van der Waals surface area contributed by atoms with Crippen LogP contribution in [-0.4, -0.2) is 86.8 Å². The van der Waals surface area contributed by atoms with Crippen molar-refractivity contribution in [1.29, 1.82) is 0 Å². The summed E-state index contributed by atoms with van der Waals surface area (Å²) < 4.78 is 65.2. The third kappa shape index (κ3) is 10.7. The molecule has 3 fully saturated rings. The molecule has 3 heterocycles. The predicted octanol–water partition coefficient (Wildman–Crippen LogP) is 6.92. The van der Waals surface area contributed by atoms with Crippen LogP contribution in [0.1, 0.15) is 34.1 Å². The predicted molar refractivity (Wildman–Crippen MR) is 216 cm³/mol. The van der Waals surface area contributed by atoms with E-state index in [0.717, 1.165) is 27.8 Å². The minimum atomic E-state index is -1.31. The maximum atomic E-state index is 12.4. The van der Waals surface area contributed by atoms with Crippen LogP contribution in [0.2, 0.25) is 0 Å². The van der Waals surface area contributed by atoms with Crippen LogP contribution in [0.5, 0.6) is 0 Å². The number of benzene rings is 5. The van der Waals surface area contributed by atoms with E-state index in [4.69, 9.17) is 47.4 Å². The van der Waals surface area contributed by atoms with Gasteiger partial charge >= 0.3 is 0 Å². The second-order valence-electron chi connectivity index (χ2n) is 14.9. The summed E-state index contributed by atoms with van der Waals surface area (Å²) >= 11 is 0. The molecule has 11 atom stereocenters. The van der Waals surface area contributed by atoms with Gasteiger partial charge in [-0.2, -0.15) is 0 Å². The van der Waals surface area contributed by atoms with Gasteiger partial charge in [-0.1, -0.05) is 152 Å². The van der Waals surface area contributed by atoms with Crippen LogP contribution in [0.4, 0.5) is 0 Å². The molecule has 0 amide bonds. The van der Waals surface area contributed by atoms with Crippen LogP contribution < -0.4 is 0 Å². The Bertz CT molecular complexity index is 1940. The summed E-state index contributed by atoms with van der Waals surface area (Å²) in [5.41, 5.74) is 4.72. The maximum Gasteiger partial charge on any atom is 0.187 e. The van der Waals surface area contributed by atoms with Gasteiger partial charge in [-0.15, -0.1) is 0 Å². The highest BCUT2D eigenvalue weighted by molar-refractivity contribution is 5.18. The van der Waals surface area contributed by atoms with Crippen molar-refractivity contribution in [3.8, 4) is 0 Å². The Hall–Kier alpha value is -4.34. The number of ether oxygens (including phenoxy) is 10. The van der Waals surface area contributed by atoms with Crippen molar-refractivity contribution < 1.29 is 52.5 Å². The van der Waals surface area contributed by atoms with E-state index in [2.05, 4.69) is 0 Å². The third-order valence-electron chi connectivity index (χ3n) is 10.7. The van der Waals surface area contributed by atoms with Crippen molar-refractivity contribution in [2.24, 2.45) is 0 Å². The van der Waals surface area contributed by atoms with Crippen molar-refractivity contribution in [3.63, 3.8) is 0 Å². The van der Waals surface area contributed by atoms with E-state index in [1.807, 2.05) is 152 Å². The molecule has 11 nitrogen and oxygen atoms in total. The summed E-state index contributed by atoms with van der Waals surface area (Å²) in [4.78, 5) is 0. The van der Waals surface area contributed by atoms with E-state index in [9.17, 15) is 5.11 Å². The Labute approximate surface area is 345 Å². The number of aliphatic hydroxyl groups excluding tert-OH is 1. The van der Waals surface area contributed by atoms with Crippen molar-refractivity contribution in [1.82, 2.24) is 0 Å². The second-order valence-corrected chi connectivity index (χ2v) is 14.9. The van der Waals surface area contributed by atoms with E-state index in [1.54, 1.807) is 7.11 Å². The molecule has 0 radical (unpaired) electrons. The highest BCUT2D eigenvalue weighted by Crippen LogP contribution is 2.39. The zero-order chi connectivity index (χ0) is 40.2. The molecule has 59 heavy (non-hydrogen) atoms. The third-order valence-corrected chi connectivity index (χ3v) is 10.7. The van der Waals surface area contributed by atoms with Crippen molar-refractivity contribution in [2.45, 2.75) is 94.1 Å². The van der Waals surface area contributed by atoms with Crippen LogP contribution in [0.15, 0.2) is 152 Å². The van der Waals surface area contributed by atoms with Gasteiger partial charge < -0.3 is 52.5 Å². The second kappa shape index (κ2) is 20.8. The molecule has 310 valence electrons. The molecule has 8 rings (SSSR count). The molecular weight excluding hydrogens is 753 g/mol. The van der Waals surface area contributed by atoms with Crippen LogP contribution in [0.25, 0.3) is 0 Å². The molecule has 0 unspecified atom stereocenters. The smallest absolute Gasteiger partial charge is 0.187 e. The van der Waals surface area contributed by atoms with Crippen LogP contribution in [-0.2, 0) is 73.8 Å². The Morgan fingerprint density at radius 3 is 1.56 bits per heavy atom. The highest BCUT2D eigenvalue weighted by Gasteiger charge is 2.55. The van der Waals surface area contributed by atoms with Gasteiger partial charge in [0.25, 0.3) is 0 Å². The molecule has 3 aliphatic heterocycles. The lowest BCUT2D eigenvalue weighted by molar-refractivity contribution is -0.397. The zero-order valence-electron chi connectivity index (χ0n) is 33.1. The lowest BCUT2D eigenvalue weighted by Crippen LogP contribution is -2.67. The summed E-state index contributed by atoms with van der Waals surface area (Å²) in [5, 5.41) is 12.4. The molecule has 5 aromatic carbocycles. The van der Waals surface area contributed by atoms with Gasteiger partial charge in [0.1, 0.15) is 48.8 Å². The Kier molecular flexibility index (Phi) is 14.6. The van der Waals surface area contributed by atoms with Gasteiger partial charge in [0.2, 0.25) is 0 Å². The molecule has 0 saturated carbocycles. The van der Waals surface area contributed by atoms with Crippen LogP contribution >= 0.6 is 0 Å². The molecule has 0 spiro atoms. The molecule has 3 saturated heterocycles. The summed E-state index contributed by atoms with van der Waals surface area (Å²) in [5.74, 6) is 0. The normalized spacial score (nSPS) is 29.4. The first-order chi connectivity index (χ1) is 29.1. The monoisotopic (exact) mass is 804 g/mol. The molecule has 1 N–H and O–H groups in total. The lowest BCUT2D eigenvalue weighted by Gasteiger charge is -2.51. The number of methoxy groups -OCH3 is 1. The average molecular weight is 805 g/mol. The Balaban J connectivity index is 1.11. The van der Waals surface area contributed by atoms with Gasteiger partial charge in [0.15, 0.2) is 18.9 Å². The molecule has 0 aliphatic carbocycles. The molecule has 3 aliphatic rings. The number of hydrogen-bond donors (Lipinski definition) is 1. The molecule has 5 aromatic rings. The summed E-state index contributed by atoms with van der Waals surface area (Å²) in [7, 11) is 1.56. The first-order valence-corrected chi connectivity index (χ1v) is 20.2. The van der Waals surface area contributed by atoms with Crippen LogP contribution in [0, 0.1) is 0 Å². The number of hydrogen-bond acceptors (Lipinski definition) is 11. The quantitative estimate of drug-likeness (QED) is 0.106. The first-order valence-electron chi connectivity index (χ1n) is 20.2. The summed E-state index contributed by atoms with van der Waals surface area (Å²) in [6.07, 6.45) is -9.43. The number of aliphatic hydroxyl groups is 1. The van der Waals surface area contributed by atoms with E-state index in [0.29, 0.717) is 6.61 Å². The minimum absolute atomic E-state index is 0.126. The van der Waals surface area contributed by atoms with Crippen LogP contribution in [0.3, 0.4) is 0 Å². The SMILES string of the molecule is CO[C@H]1O[C@@H]2CO[C@@H](c3ccccc3)O[C@H]2[C@H](O[C@H]2O[C@H](COCc3ccccc3)[C@@H](OCc3ccccc3)[C@H](OCc3ccccc3)[C@H]2O)[C@@H]1OCc1ccccc1. The average Bonchev–Trinajstić information content (AvgIpc) is 3.30. The minimum Gasteiger partial charge on any atom is -0.385 e. The Morgan fingerprint density at radius 1 is 0.525 bits per heavy atom. The number of fused-ring (bicyclic) bond motifs is 1. The van der Waals surface area contributed by atoms with E-state index in [-0.39, 0.29) is 33.0 Å². The fraction of sp³-hybridized carbons (Fsp3) is 0.375. The molecular formula is C48H52O11. The fourth-order valence-corrected chi connectivity index (χ4v) is 7.70. The molecule has 11 heteroatoms. The van der Waals surface area contributed by atoms with E-state index < -0.39 is 67.7 Å². The zero-order valence-corrected chi connectivity index (χ0v) is 33.1. The Morgan fingerprint density at radius 2 is 1.02 bits per heavy atom. The largest absolute Gasteiger partial charge is 0.385 e. The maximum absolute atomic E-state index is 12.4. The van der Waals surface area contributed by atoms with Gasteiger partial charge in [0.05, 0.1) is 39.6 Å². The van der Waals surface area contributed by atoms with Crippen molar-refractivity contribution in [2.75, 3.05) is 20.3 Å². The highest BCUT2D eigenvalue weighted by atomic mass is 16.8. The van der Waals surface area contributed by atoms with E-state index in [1.165, 1.54) is 0 Å².